The first kappa shape index (κ1) is 20.9. The molecule has 0 amide bonds. The molecule has 0 radical (unpaired) electrons. The van der Waals surface area contributed by atoms with Crippen LogP contribution in [0.15, 0.2) is 110 Å². The summed E-state index contributed by atoms with van der Waals surface area (Å²) in [7, 11) is 0. The fourth-order valence-electron chi connectivity index (χ4n) is 3.93. The van der Waals surface area contributed by atoms with Crippen LogP contribution in [0.3, 0.4) is 0 Å². The quantitative estimate of drug-likeness (QED) is 0.185. The number of carbonyl (C=O) groups is 1. The number of esters is 1. The molecule has 0 saturated heterocycles. The molecule has 4 heteroatoms. The van der Waals surface area contributed by atoms with E-state index >= 15 is 0 Å². The number of rotatable bonds is 7. The zero-order valence-electron chi connectivity index (χ0n) is 17.5. The van der Waals surface area contributed by atoms with E-state index in [1.54, 1.807) is 6.08 Å². The molecule has 0 unspecified atom stereocenters. The predicted octanol–water partition coefficient (Wildman–Crippen LogP) is 4.91. The van der Waals surface area contributed by atoms with Crippen LogP contribution in [-0.4, -0.2) is 22.1 Å². The largest absolute Gasteiger partial charge is 0.452 e. The first-order valence-corrected chi connectivity index (χ1v) is 10.3. The molecule has 1 aromatic heterocycles. The molecule has 0 aliphatic rings. The third-order valence-corrected chi connectivity index (χ3v) is 5.28. The molecule has 0 aliphatic carbocycles. The lowest BCUT2D eigenvalue weighted by Crippen LogP contribution is -2.36. The van der Waals surface area contributed by atoms with Crippen LogP contribution >= 0.6 is 0 Å². The summed E-state index contributed by atoms with van der Waals surface area (Å²) >= 11 is 0. The van der Waals surface area contributed by atoms with Gasteiger partial charge in [0.05, 0.1) is 12.0 Å². The van der Waals surface area contributed by atoms with Crippen LogP contribution in [0.4, 0.5) is 0 Å². The molecular formula is C28H22N2O2. The van der Waals surface area contributed by atoms with Crippen molar-refractivity contribution < 1.29 is 9.53 Å². The Balaban J connectivity index is 1.84. The standard InChI is InChI=1S/C28H22N2O2/c1-2-27(31)32-20-12-19-26-21-30(22-29-26)28(23-13-6-3-7-14-23,24-15-8-4-9-16-24)25-17-10-5-11-18-25/h1,3-19,21-22H,20H2/b19-12+. The van der Waals surface area contributed by atoms with Gasteiger partial charge in [0.1, 0.15) is 12.1 Å². The molecule has 3 aromatic carbocycles. The van der Waals surface area contributed by atoms with Gasteiger partial charge in [-0.3, -0.25) is 0 Å². The third kappa shape index (κ3) is 4.10. The van der Waals surface area contributed by atoms with Gasteiger partial charge in [-0.05, 0) is 28.8 Å². The van der Waals surface area contributed by atoms with E-state index in [-0.39, 0.29) is 6.61 Å². The minimum absolute atomic E-state index is 0.0943. The maximum atomic E-state index is 11.1. The maximum absolute atomic E-state index is 11.1. The summed E-state index contributed by atoms with van der Waals surface area (Å²) in [5.74, 6) is 1.24. The molecule has 4 aromatic rings. The number of ether oxygens (including phenoxy) is 1. The fourth-order valence-corrected chi connectivity index (χ4v) is 3.93. The second kappa shape index (κ2) is 9.63. The van der Waals surface area contributed by atoms with Crippen LogP contribution in [0.25, 0.3) is 6.08 Å². The zero-order valence-corrected chi connectivity index (χ0v) is 17.5. The second-order valence-electron chi connectivity index (χ2n) is 7.16. The highest BCUT2D eigenvalue weighted by molar-refractivity contribution is 5.87. The van der Waals surface area contributed by atoms with Crippen LogP contribution in [-0.2, 0) is 15.1 Å². The first-order chi connectivity index (χ1) is 15.7. The van der Waals surface area contributed by atoms with Gasteiger partial charge in [0, 0.05) is 12.1 Å². The lowest BCUT2D eigenvalue weighted by molar-refractivity contribution is -0.135. The van der Waals surface area contributed by atoms with Crippen LogP contribution in [0, 0.1) is 12.3 Å². The van der Waals surface area contributed by atoms with Gasteiger partial charge in [-0.1, -0.05) is 91.0 Å². The molecule has 0 bridgehead atoms. The van der Waals surface area contributed by atoms with Crippen molar-refractivity contribution in [3.05, 3.63) is 132 Å². The number of imidazole rings is 1. The molecule has 0 atom stereocenters. The van der Waals surface area contributed by atoms with Crippen LogP contribution < -0.4 is 0 Å². The van der Waals surface area contributed by atoms with E-state index < -0.39 is 11.5 Å². The molecule has 4 nitrogen and oxygen atoms in total. The normalized spacial score (nSPS) is 11.2. The molecular weight excluding hydrogens is 396 g/mol. The van der Waals surface area contributed by atoms with E-state index in [4.69, 9.17) is 11.2 Å². The van der Waals surface area contributed by atoms with E-state index in [1.165, 1.54) is 0 Å². The molecule has 32 heavy (non-hydrogen) atoms. The molecule has 0 spiro atoms. The van der Waals surface area contributed by atoms with Gasteiger partial charge in [-0.2, -0.15) is 0 Å². The van der Waals surface area contributed by atoms with Gasteiger partial charge in [-0.15, -0.1) is 6.42 Å². The van der Waals surface area contributed by atoms with Crippen LogP contribution in [0.5, 0.6) is 0 Å². The lowest BCUT2D eigenvalue weighted by atomic mass is 9.77. The van der Waals surface area contributed by atoms with Gasteiger partial charge in [0.25, 0.3) is 0 Å². The van der Waals surface area contributed by atoms with Crippen molar-refractivity contribution >= 4 is 12.0 Å². The highest BCUT2D eigenvalue weighted by atomic mass is 16.5. The molecule has 0 saturated carbocycles. The molecule has 0 aliphatic heterocycles. The Morgan fingerprint density at radius 2 is 1.41 bits per heavy atom. The minimum Gasteiger partial charge on any atom is -0.452 e. The predicted molar refractivity (Wildman–Crippen MR) is 126 cm³/mol. The second-order valence-corrected chi connectivity index (χ2v) is 7.16. The zero-order chi connectivity index (χ0) is 22.2. The number of nitrogens with zero attached hydrogens (tertiary/aromatic N) is 2. The Labute approximate surface area is 187 Å². The number of carbonyl (C=O) groups excluding carboxylic acids is 1. The van der Waals surface area contributed by atoms with E-state index in [9.17, 15) is 4.79 Å². The Hall–Kier alpha value is -4.36. The van der Waals surface area contributed by atoms with E-state index in [0.29, 0.717) is 0 Å². The number of terminal acetylenes is 1. The van der Waals surface area contributed by atoms with Crippen molar-refractivity contribution in [2.75, 3.05) is 6.61 Å². The third-order valence-electron chi connectivity index (χ3n) is 5.28. The monoisotopic (exact) mass is 418 g/mol. The average Bonchev–Trinajstić information content (AvgIpc) is 3.33. The first-order valence-electron chi connectivity index (χ1n) is 10.3. The average molecular weight is 418 g/mol. The summed E-state index contributed by atoms with van der Waals surface area (Å²) in [6.45, 7) is 0.0943. The summed E-state index contributed by atoms with van der Waals surface area (Å²) in [5, 5.41) is 0. The van der Waals surface area contributed by atoms with Gasteiger partial charge in [0.2, 0.25) is 0 Å². The Kier molecular flexibility index (Phi) is 6.29. The fraction of sp³-hybridized carbons (Fsp3) is 0.0714. The number of hydrogen-bond donors (Lipinski definition) is 0. The molecule has 1 heterocycles. The minimum atomic E-state index is -0.684. The van der Waals surface area contributed by atoms with Crippen molar-refractivity contribution in [3.63, 3.8) is 0 Å². The van der Waals surface area contributed by atoms with E-state index in [1.807, 2.05) is 79.1 Å². The number of hydrogen-bond acceptors (Lipinski definition) is 3. The maximum Gasteiger partial charge on any atom is 0.384 e. The number of benzene rings is 3. The lowest BCUT2D eigenvalue weighted by Gasteiger charge is -2.37. The summed E-state index contributed by atoms with van der Waals surface area (Å²) in [4.78, 5) is 15.7. The summed E-state index contributed by atoms with van der Waals surface area (Å²) in [6.07, 6.45) is 12.4. The molecule has 4 rings (SSSR count). The van der Waals surface area contributed by atoms with Gasteiger partial charge in [0.15, 0.2) is 0 Å². The highest BCUT2D eigenvalue weighted by Gasteiger charge is 2.38. The Bertz CT molecular complexity index is 1140. The van der Waals surface area contributed by atoms with Crippen molar-refractivity contribution in [2.45, 2.75) is 5.54 Å². The highest BCUT2D eigenvalue weighted by Crippen LogP contribution is 2.40. The van der Waals surface area contributed by atoms with Gasteiger partial charge >= 0.3 is 5.97 Å². The summed E-state index contributed by atoms with van der Waals surface area (Å²) in [6, 6.07) is 31.2. The van der Waals surface area contributed by atoms with Gasteiger partial charge in [-0.25, -0.2) is 9.78 Å². The SMILES string of the molecule is C#CC(=O)OC/C=C/c1cn(C(c2ccccc2)(c2ccccc2)c2ccccc2)cn1. The number of aromatic nitrogens is 2. The molecule has 0 fully saturated rings. The Morgan fingerprint density at radius 1 is 0.906 bits per heavy atom. The van der Waals surface area contributed by atoms with Crippen molar-refractivity contribution in [1.29, 1.82) is 0 Å². The van der Waals surface area contributed by atoms with Crippen LogP contribution in [0.2, 0.25) is 0 Å². The molecule has 0 N–H and O–H groups in total. The topological polar surface area (TPSA) is 44.1 Å². The summed E-state index contributed by atoms with van der Waals surface area (Å²) in [5.41, 5.74) is 3.49. The van der Waals surface area contributed by atoms with E-state index in [0.717, 1.165) is 22.4 Å². The van der Waals surface area contributed by atoms with Crippen LogP contribution in [0.1, 0.15) is 22.4 Å². The smallest absolute Gasteiger partial charge is 0.384 e. The van der Waals surface area contributed by atoms with Crippen molar-refractivity contribution in [3.8, 4) is 12.3 Å². The summed E-state index contributed by atoms with van der Waals surface area (Å²) < 4.78 is 7.02. The molecule has 156 valence electrons. The Morgan fingerprint density at radius 3 is 1.88 bits per heavy atom. The van der Waals surface area contributed by atoms with Crippen molar-refractivity contribution in [1.82, 2.24) is 9.55 Å². The van der Waals surface area contributed by atoms with E-state index in [2.05, 4.69) is 45.9 Å². The van der Waals surface area contributed by atoms with Crippen molar-refractivity contribution in [2.24, 2.45) is 0 Å². The van der Waals surface area contributed by atoms with Gasteiger partial charge < -0.3 is 9.30 Å².